The van der Waals surface area contributed by atoms with Crippen molar-refractivity contribution in [3.05, 3.63) is 33.1 Å². The molecule has 1 aromatic heterocycles. The number of carbonyl (C=O) groups is 1. The highest BCUT2D eigenvalue weighted by Crippen LogP contribution is 2.61. The molecule has 2 aliphatic heterocycles. The summed E-state index contributed by atoms with van der Waals surface area (Å²) in [5, 5.41) is 42.4. The first-order valence-corrected chi connectivity index (χ1v) is 13.9. The number of nitrogens with one attached hydrogen (secondary N) is 2. The molecule has 3 rings (SSSR count). The number of H-pyrrole nitrogens is 1. The van der Waals surface area contributed by atoms with Crippen LogP contribution in [0.4, 0.5) is 4.39 Å². The second kappa shape index (κ2) is 12.3. The molecule has 0 aromatic carbocycles. The normalized spacial score (nSPS) is 36.2. The topological polar surface area (TPSA) is 286 Å². The third kappa shape index (κ3) is 7.65. The van der Waals surface area contributed by atoms with E-state index in [4.69, 9.17) is 9.47 Å². The molecule has 2 aliphatic rings. The minimum absolute atomic E-state index is 0.714. The van der Waals surface area contributed by atoms with E-state index in [0.29, 0.717) is 4.57 Å². The van der Waals surface area contributed by atoms with Gasteiger partial charge in [-0.15, -0.1) is 0 Å². The maximum Gasteiger partial charge on any atom is 0.483 e. The summed E-state index contributed by atoms with van der Waals surface area (Å²) in [6.07, 6.45) is -13.6. The summed E-state index contributed by atoms with van der Waals surface area (Å²) in [5.41, 5.74) is -1.77. The van der Waals surface area contributed by atoms with Crippen LogP contribution in [0.2, 0.25) is 0 Å². The van der Waals surface area contributed by atoms with Crippen LogP contribution in [0.5, 0.6) is 0 Å². The third-order valence-corrected chi connectivity index (χ3v) is 8.13. The molecule has 8 N–H and O–H groups in total. The molecule has 11 atom stereocenters. The number of aromatic amines is 1. The van der Waals surface area contributed by atoms with Crippen LogP contribution in [0, 0.1) is 0 Å². The third-order valence-electron chi connectivity index (χ3n) is 5.53. The summed E-state index contributed by atoms with van der Waals surface area (Å²) in [5.74, 6) is -0.827. The van der Waals surface area contributed by atoms with Crippen molar-refractivity contribution in [3.8, 4) is 0 Å². The average molecular weight is 609 g/mol. The molecule has 2 fully saturated rings. The number of carbonyl (C=O) groups excluding carboxylic acids is 1. The van der Waals surface area contributed by atoms with Gasteiger partial charge in [0.2, 0.25) is 5.91 Å². The van der Waals surface area contributed by atoms with Gasteiger partial charge in [-0.1, -0.05) is 0 Å². The lowest BCUT2D eigenvalue weighted by Crippen LogP contribution is -2.64. The fourth-order valence-electron chi connectivity index (χ4n) is 3.73. The predicted molar refractivity (Wildman–Crippen MR) is 119 cm³/mol. The highest BCUT2D eigenvalue weighted by molar-refractivity contribution is 7.61. The summed E-state index contributed by atoms with van der Waals surface area (Å²) < 4.78 is 62.1. The minimum atomic E-state index is -5.67. The van der Waals surface area contributed by atoms with E-state index in [1.807, 2.05) is 4.98 Å². The Balaban J connectivity index is 1.66. The Bertz CT molecular complexity index is 1240. The monoisotopic (exact) mass is 609 g/mol. The summed E-state index contributed by atoms with van der Waals surface area (Å²) in [7, 11) is -11.2. The van der Waals surface area contributed by atoms with Crippen molar-refractivity contribution in [1.82, 2.24) is 14.9 Å². The van der Waals surface area contributed by atoms with Crippen molar-refractivity contribution in [2.24, 2.45) is 0 Å². The van der Waals surface area contributed by atoms with Crippen molar-refractivity contribution < 1.29 is 71.4 Å². The Morgan fingerprint density at radius 3 is 2.31 bits per heavy atom. The van der Waals surface area contributed by atoms with Gasteiger partial charge in [-0.05, 0) is 0 Å². The lowest BCUT2D eigenvalue weighted by atomic mass is 9.97. The van der Waals surface area contributed by atoms with Gasteiger partial charge in [0.05, 0.1) is 6.61 Å². The first-order valence-electron chi connectivity index (χ1n) is 10.9. The van der Waals surface area contributed by atoms with E-state index in [0.717, 1.165) is 19.2 Å². The maximum absolute atomic E-state index is 13.2. The molecule has 0 bridgehead atoms. The molecule has 0 radical (unpaired) electrons. The molecule has 1 amide bonds. The van der Waals surface area contributed by atoms with Gasteiger partial charge in [-0.3, -0.25) is 28.2 Å². The Hall–Kier alpha value is -1.90. The number of phosphoric ester groups is 2. The molecule has 0 spiro atoms. The van der Waals surface area contributed by atoms with E-state index in [2.05, 4.69) is 18.7 Å². The second-order valence-corrected chi connectivity index (χ2v) is 11.4. The largest absolute Gasteiger partial charge is 0.483 e. The molecular weight excluding hydrogens is 583 g/mol. The van der Waals surface area contributed by atoms with Gasteiger partial charge in [-0.25, -0.2) is 18.3 Å². The van der Waals surface area contributed by atoms with Crippen molar-refractivity contribution in [3.63, 3.8) is 0 Å². The molecule has 22 heteroatoms. The SMILES string of the molecule is CC(=O)NC1C(OP(=O)(O)OP(=O)(O)OCC2OC(n3ccc(=O)[nH]c3=O)C(O)C2O)OC(CF)C(O)C1O. The number of aromatic nitrogens is 2. The Labute approximate surface area is 216 Å². The lowest BCUT2D eigenvalue weighted by molar-refractivity contribution is -0.243. The van der Waals surface area contributed by atoms with Crippen molar-refractivity contribution in [2.75, 3.05) is 13.3 Å². The van der Waals surface area contributed by atoms with E-state index < -0.39 is 101 Å². The zero-order valence-electron chi connectivity index (χ0n) is 19.8. The number of hydrogen-bond acceptors (Lipinski definition) is 14. The summed E-state index contributed by atoms with van der Waals surface area (Å²) >= 11 is 0. The van der Waals surface area contributed by atoms with Gasteiger partial charge >= 0.3 is 21.3 Å². The molecule has 0 saturated carbocycles. The highest BCUT2D eigenvalue weighted by Gasteiger charge is 2.50. The van der Waals surface area contributed by atoms with Gasteiger partial charge in [0, 0.05) is 19.2 Å². The molecule has 3 heterocycles. The van der Waals surface area contributed by atoms with Gasteiger partial charge in [-0.2, -0.15) is 4.31 Å². The van der Waals surface area contributed by atoms with Crippen LogP contribution in [-0.2, 0) is 36.8 Å². The first-order chi connectivity index (χ1) is 18.0. The van der Waals surface area contributed by atoms with Gasteiger partial charge in [0.25, 0.3) is 5.56 Å². The van der Waals surface area contributed by atoms with E-state index in [9.17, 15) is 58.1 Å². The maximum atomic E-state index is 13.2. The molecule has 19 nitrogen and oxygen atoms in total. The number of amides is 1. The second-order valence-electron chi connectivity index (χ2n) is 8.39. The Morgan fingerprint density at radius 1 is 1.08 bits per heavy atom. The molecule has 39 heavy (non-hydrogen) atoms. The number of aliphatic hydroxyl groups excluding tert-OH is 4. The summed E-state index contributed by atoms with van der Waals surface area (Å²) in [4.78, 5) is 56.3. The van der Waals surface area contributed by atoms with Crippen molar-refractivity contribution in [1.29, 1.82) is 0 Å². The van der Waals surface area contributed by atoms with Crippen LogP contribution in [0.3, 0.4) is 0 Å². The number of alkyl halides is 1. The van der Waals surface area contributed by atoms with Crippen LogP contribution in [-0.4, -0.2) is 108 Å². The zero-order valence-corrected chi connectivity index (χ0v) is 21.5. The molecule has 222 valence electrons. The van der Waals surface area contributed by atoms with Gasteiger partial charge < -0.3 is 45.0 Å². The summed E-state index contributed by atoms with van der Waals surface area (Å²) in [6, 6.07) is -0.829. The van der Waals surface area contributed by atoms with Crippen LogP contribution in [0.1, 0.15) is 13.2 Å². The van der Waals surface area contributed by atoms with E-state index in [1.54, 1.807) is 0 Å². The minimum Gasteiger partial charge on any atom is -0.388 e. The average Bonchev–Trinajstić information content (AvgIpc) is 3.10. The standard InChI is InChI=1S/C17H26FN3O16P2/c1-6(22)19-10-13(26)11(24)7(4-18)35-16(10)36-39(31,32)37-38(29,30)33-5-8-12(25)14(27)15(34-8)21-3-2-9(23)20-17(21)28/h2-3,7-8,10-16,24-27H,4-5H2,1H3,(H,19,22)(H,29,30)(H,31,32)(H,20,23,28). The number of phosphoric acid groups is 2. The number of nitrogens with zero attached hydrogens (tertiary/aromatic N) is 1. The van der Waals surface area contributed by atoms with Crippen molar-refractivity contribution >= 4 is 21.6 Å². The van der Waals surface area contributed by atoms with Crippen LogP contribution in [0.25, 0.3) is 0 Å². The molecular formula is C17H26FN3O16P2. The van der Waals surface area contributed by atoms with Crippen LogP contribution >= 0.6 is 15.6 Å². The zero-order chi connectivity index (χ0) is 29.3. The van der Waals surface area contributed by atoms with Gasteiger partial charge in [0.1, 0.15) is 49.3 Å². The van der Waals surface area contributed by atoms with Gasteiger partial charge in [0.15, 0.2) is 12.5 Å². The quantitative estimate of drug-likeness (QED) is 0.119. The molecule has 0 aliphatic carbocycles. The van der Waals surface area contributed by atoms with E-state index in [1.165, 1.54) is 0 Å². The predicted octanol–water partition coefficient (Wildman–Crippen LogP) is -3.67. The number of halogens is 1. The fourth-order valence-corrected chi connectivity index (χ4v) is 5.90. The fraction of sp³-hybridized carbons (Fsp3) is 0.706. The number of ether oxygens (including phenoxy) is 2. The van der Waals surface area contributed by atoms with Crippen LogP contribution < -0.4 is 16.6 Å². The Morgan fingerprint density at radius 2 is 1.72 bits per heavy atom. The molecule has 11 unspecified atom stereocenters. The van der Waals surface area contributed by atoms with E-state index in [-0.39, 0.29) is 0 Å². The number of rotatable bonds is 10. The first kappa shape index (κ1) is 31.6. The smallest absolute Gasteiger partial charge is 0.388 e. The van der Waals surface area contributed by atoms with Crippen molar-refractivity contribution in [2.45, 2.75) is 62.1 Å². The molecule has 2 saturated heterocycles. The lowest BCUT2D eigenvalue weighted by Gasteiger charge is -2.41. The number of aliphatic hydroxyl groups is 4. The van der Waals surface area contributed by atoms with E-state index >= 15 is 0 Å². The highest BCUT2D eigenvalue weighted by atomic mass is 31.3. The van der Waals surface area contributed by atoms with Crippen LogP contribution in [0.15, 0.2) is 21.9 Å². The number of hydrogen-bond donors (Lipinski definition) is 8. The molecule has 1 aromatic rings. The Kier molecular flexibility index (Phi) is 9.98. The summed E-state index contributed by atoms with van der Waals surface area (Å²) in [6.45, 7) is -1.48.